The quantitative estimate of drug-likeness (QED) is 0.286. The molecule has 8 unspecified atom stereocenters. The third kappa shape index (κ3) is 5.86. The Morgan fingerprint density at radius 3 is 2.32 bits per heavy atom. The Kier molecular flexibility index (Phi) is 9.31. The number of methoxy groups -OCH3 is 1. The highest BCUT2D eigenvalue weighted by Crippen LogP contribution is 2.69. The van der Waals surface area contributed by atoms with E-state index < -0.39 is 9.84 Å². The number of sulfone groups is 1. The lowest BCUT2D eigenvalue weighted by Gasteiger charge is -2.63. The summed E-state index contributed by atoms with van der Waals surface area (Å²) in [5.74, 6) is 2.63. The minimum atomic E-state index is -3.14. The topological polar surface area (TPSA) is 84.5 Å². The van der Waals surface area contributed by atoms with Gasteiger partial charge in [-0.2, -0.15) is 0 Å². The summed E-state index contributed by atoms with van der Waals surface area (Å²) in [5.41, 5.74) is 0.418. The summed E-state index contributed by atoms with van der Waals surface area (Å²) in [4.78, 5) is 11.8. The highest BCUT2D eigenvalue weighted by Gasteiger charge is 2.64. The number of carbonyl (C=O) groups is 1. The molecule has 0 aromatic carbocycles. The normalized spacial score (nSPS) is 41.7. The summed E-state index contributed by atoms with van der Waals surface area (Å²) in [6.07, 6.45) is 11.9. The molecular formula is C31H56N2O4S. The fraction of sp³-hybridized carbons (Fsp3) is 0.968. The van der Waals surface area contributed by atoms with Crippen LogP contribution in [0.15, 0.2) is 0 Å². The summed E-state index contributed by atoms with van der Waals surface area (Å²) < 4.78 is 31.7. The van der Waals surface area contributed by atoms with E-state index in [1.165, 1.54) is 39.0 Å². The van der Waals surface area contributed by atoms with Gasteiger partial charge in [-0.15, -0.1) is 0 Å². The van der Waals surface area contributed by atoms with Gasteiger partial charge in [-0.25, -0.2) is 8.42 Å². The van der Waals surface area contributed by atoms with Gasteiger partial charge in [0.1, 0.15) is 0 Å². The predicted octanol–water partition coefficient (Wildman–Crippen LogP) is 5.21. The Morgan fingerprint density at radius 1 is 0.974 bits per heavy atom. The summed E-state index contributed by atoms with van der Waals surface area (Å²) in [6, 6.07) is 0.999. The van der Waals surface area contributed by atoms with Crippen LogP contribution < -0.4 is 10.6 Å². The molecule has 4 aliphatic carbocycles. The molecule has 0 spiro atoms. The van der Waals surface area contributed by atoms with E-state index in [2.05, 4.69) is 45.3 Å². The minimum Gasteiger partial charge on any atom is -0.469 e. The molecule has 4 saturated carbocycles. The van der Waals surface area contributed by atoms with Crippen LogP contribution >= 0.6 is 0 Å². The molecular weight excluding hydrogens is 496 g/mol. The number of ether oxygens (including phenoxy) is 1. The SMILES string of the molecule is COC(=O)CC[C@@H](C)C1CCC2C3C(CCC21C)C1(C)CCC(NCCNC(C)C)CC1C[C@H]3S(C)(=O)=O. The van der Waals surface area contributed by atoms with Crippen molar-refractivity contribution in [3.8, 4) is 0 Å². The molecule has 4 fully saturated rings. The minimum absolute atomic E-state index is 0.120. The molecule has 0 aliphatic heterocycles. The smallest absolute Gasteiger partial charge is 0.305 e. The molecule has 0 radical (unpaired) electrons. The van der Waals surface area contributed by atoms with Crippen LogP contribution in [-0.4, -0.2) is 58.2 Å². The number of esters is 1. The van der Waals surface area contributed by atoms with E-state index >= 15 is 0 Å². The van der Waals surface area contributed by atoms with Crippen LogP contribution in [0.1, 0.15) is 98.8 Å². The molecule has 220 valence electrons. The Labute approximate surface area is 233 Å². The molecule has 0 bridgehead atoms. The van der Waals surface area contributed by atoms with E-state index in [1.807, 2.05) is 0 Å². The van der Waals surface area contributed by atoms with E-state index in [0.29, 0.717) is 48.1 Å². The molecule has 4 rings (SSSR count). The summed E-state index contributed by atoms with van der Waals surface area (Å²) >= 11 is 0. The third-order valence-corrected chi connectivity index (χ3v) is 13.7. The molecule has 6 nitrogen and oxygen atoms in total. The maximum Gasteiger partial charge on any atom is 0.305 e. The van der Waals surface area contributed by atoms with E-state index in [1.54, 1.807) is 0 Å². The van der Waals surface area contributed by atoms with Gasteiger partial charge in [0.15, 0.2) is 9.84 Å². The first-order valence-corrected chi connectivity index (χ1v) is 17.5. The van der Waals surface area contributed by atoms with Gasteiger partial charge in [-0.1, -0.05) is 34.6 Å². The number of hydrogen-bond acceptors (Lipinski definition) is 6. The second-order valence-electron chi connectivity index (χ2n) is 14.5. The molecule has 10 atom stereocenters. The Bertz CT molecular complexity index is 938. The Hall–Kier alpha value is -0.660. The molecule has 2 N–H and O–H groups in total. The Morgan fingerprint density at radius 2 is 1.66 bits per heavy atom. The first kappa shape index (κ1) is 30.3. The molecule has 0 heterocycles. The number of hydrogen-bond donors (Lipinski definition) is 2. The van der Waals surface area contributed by atoms with Crippen LogP contribution in [0.3, 0.4) is 0 Å². The van der Waals surface area contributed by atoms with Crippen molar-refractivity contribution >= 4 is 15.8 Å². The third-order valence-electron chi connectivity index (χ3n) is 12.1. The number of rotatable bonds is 10. The van der Waals surface area contributed by atoms with Gasteiger partial charge in [0.25, 0.3) is 0 Å². The Balaban J connectivity index is 1.52. The van der Waals surface area contributed by atoms with E-state index in [0.717, 1.165) is 45.2 Å². The van der Waals surface area contributed by atoms with Crippen molar-refractivity contribution in [2.24, 2.45) is 46.3 Å². The molecule has 0 amide bonds. The number of fused-ring (bicyclic) bond motifs is 5. The molecule has 0 aromatic rings. The average molecular weight is 553 g/mol. The van der Waals surface area contributed by atoms with Gasteiger partial charge in [-0.05, 0) is 104 Å². The van der Waals surface area contributed by atoms with Crippen molar-refractivity contribution in [3.63, 3.8) is 0 Å². The van der Waals surface area contributed by atoms with Crippen LogP contribution in [0.2, 0.25) is 0 Å². The zero-order valence-electron chi connectivity index (χ0n) is 25.2. The number of carbonyl (C=O) groups excluding carboxylic acids is 1. The monoisotopic (exact) mass is 552 g/mol. The van der Waals surface area contributed by atoms with Gasteiger partial charge in [0.05, 0.1) is 12.4 Å². The lowest BCUT2D eigenvalue weighted by Crippen LogP contribution is -2.60. The second-order valence-corrected chi connectivity index (χ2v) is 16.7. The van der Waals surface area contributed by atoms with Crippen molar-refractivity contribution in [3.05, 3.63) is 0 Å². The highest BCUT2D eigenvalue weighted by atomic mass is 32.2. The zero-order chi connectivity index (χ0) is 27.9. The first-order chi connectivity index (χ1) is 17.8. The zero-order valence-corrected chi connectivity index (χ0v) is 26.0. The molecule has 38 heavy (non-hydrogen) atoms. The average Bonchev–Trinajstić information content (AvgIpc) is 3.21. The molecule has 0 saturated heterocycles. The molecule has 0 aromatic heterocycles. The van der Waals surface area contributed by atoms with Crippen LogP contribution in [0.5, 0.6) is 0 Å². The van der Waals surface area contributed by atoms with Crippen molar-refractivity contribution in [1.82, 2.24) is 10.6 Å². The number of nitrogens with one attached hydrogen (secondary N) is 2. The van der Waals surface area contributed by atoms with E-state index in [4.69, 9.17) is 4.74 Å². The molecule has 7 heteroatoms. The standard InChI is InChI=1S/C31H56N2O4S/c1-20(2)32-16-17-33-23-12-14-30(4)22(18-23)19-27(38(7,35)36)29-25-10-9-24(21(3)8-11-28(34)37-6)31(25,5)15-13-26(29)30/h20-27,29,32-33H,8-19H2,1-7H3/t21-,22?,23?,24?,25?,26?,27-,29?,30?,31?/m1/s1. The lowest BCUT2D eigenvalue weighted by atomic mass is 9.44. The van der Waals surface area contributed by atoms with Crippen LogP contribution in [0, 0.1) is 46.3 Å². The summed E-state index contributed by atoms with van der Waals surface area (Å²) in [7, 11) is -1.67. The lowest BCUT2D eigenvalue weighted by molar-refractivity contribution is -0.141. The first-order valence-electron chi connectivity index (χ1n) is 15.5. The molecule has 4 aliphatic rings. The largest absolute Gasteiger partial charge is 0.469 e. The summed E-state index contributed by atoms with van der Waals surface area (Å²) in [5, 5.41) is 7.09. The van der Waals surface area contributed by atoms with Crippen molar-refractivity contribution in [2.75, 3.05) is 26.5 Å². The van der Waals surface area contributed by atoms with Crippen molar-refractivity contribution < 1.29 is 17.9 Å². The van der Waals surface area contributed by atoms with Gasteiger partial charge in [0, 0.05) is 37.8 Å². The van der Waals surface area contributed by atoms with Crippen LogP contribution in [0.4, 0.5) is 0 Å². The van der Waals surface area contributed by atoms with Crippen LogP contribution in [-0.2, 0) is 19.4 Å². The van der Waals surface area contributed by atoms with Gasteiger partial charge in [-0.3, -0.25) is 4.79 Å². The maximum atomic E-state index is 13.4. The van der Waals surface area contributed by atoms with E-state index in [9.17, 15) is 13.2 Å². The fourth-order valence-electron chi connectivity index (χ4n) is 10.1. The second kappa shape index (κ2) is 11.7. The van der Waals surface area contributed by atoms with Crippen LogP contribution in [0.25, 0.3) is 0 Å². The van der Waals surface area contributed by atoms with Gasteiger partial charge in [0.2, 0.25) is 0 Å². The highest BCUT2D eigenvalue weighted by molar-refractivity contribution is 7.91. The maximum absolute atomic E-state index is 13.4. The fourth-order valence-corrected chi connectivity index (χ4v) is 11.6. The summed E-state index contributed by atoms with van der Waals surface area (Å²) in [6.45, 7) is 13.6. The van der Waals surface area contributed by atoms with Gasteiger partial charge >= 0.3 is 5.97 Å². The van der Waals surface area contributed by atoms with Crippen molar-refractivity contribution in [1.29, 1.82) is 0 Å². The van der Waals surface area contributed by atoms with E-state index in [-0.39, 0.29) is 28.0 Å². The van der Waals surface area contributed by atoms with Crippen molar-refractivity contribution in [2.45, 2.75) is 116 Å². The van der Waals surface area contributed by atoms with Gasteiger partial charge < -0.3 is 15.4 Å². The predicted molar refractivity (Wildman–Crippen MR) is 155 cm³/mol.